The lowest BCUT2D eigenvalue weighted by atomic mass is 10.5. The number of nitrogens with zero attached hydrogens (tertiary/aromatic N) is 4. The highest BCUT2D eigenvalue weighted by atomic mass is 16.3. The average Bonchev–Trinajstić information content (AvgIpc) is 2.07. The van der Waals surface area contributed by atoms with Gasteiger partial charge in [-0.15, -0.1) is 6.01 Å². The standard InChI is InChI=1S/C6H16NO.C2N3/c1-4-7(2,3)5-6-8;3-1-5-2-4/h8H,4-6H2,1-3H3;/q+1;-1. The SMILES string of the molecule is CC[N+](C)(C)CCO.N#CN=C=[N-]. The fourth-order valence-electron chi connectivity index (χ4n) is 0.451. The molecule has 0 atom stereocenters. The Morgan fingerprint density at radius 3 is 2.15 bits per heavy atom. The molecule has 0 rings (SSSR count). The summed E-state index contributed by atoms with van der Waals surface area (Å²) >= 11 is 0. The maximum atomic E-state index is 8.52. The summed E-state index contributed by atoms with van der Waals surface area (Å²) in [6.07, 6.45) is 1.28. The number of rotatable bonds is 3. The summed E-state index contributed by atoms with van der Waals surface area (Å²) in [5, 5.41) is 23.4. The minimum absolute atomic E-state index is 0.292. The molecule has 0 bridgehead atoms. The summed E-state index contributed by atoms with van der Waals surface area (Å²) in [5.41, 5.74) is 0. The van der Waals surface area contributed by atoms with Gasteiger partial charge in [-0.3, -0.25) is 0 Å². The normalized spacial score (nSPS) is 8.85. The van der Waals surface area contributed by atoms with Crippen molar-refractivity contribution in [2.75, 3.05) is 33.8 Å². The van der Waals surface area contributed by atoms with Crippen LogP contribution in [0.1, 0.15) is 6.92 Å². The highest BCUT2D eigenvalue weighted by Crippen LogP contribution is 1.92. The third kappa shape index (κ3) is 13.7. The van der Waals surface area contributed by atoms with Gasteiger partial charge in [0.05, 0.1) is 33.4 Å². The van der Waals surface area contributed by atoms with E-state index in [9.17, 15) is 0 Å². The third-order valence-electron chi connectivity index (χ3n) is 1.66. The van der Waals surface area contributed by atoms with Gasteiger partial charge in [0.25, 0.3) is 0 Å². The monoisotopic (exact) mass is 184 g/mol. The molecule has 0 aliphatic heterocycles. The molecule has 0 saturated carbocycles. The van der Waals surface area contributed by atoms with E-state index in [4.69, 9.17) is 15.8 Å². The fourth-order valence-corrected chi connectivity index (χ4v) is 0.451. The lowest BCUT2D eigenvalue weighted by molar-refractivity contribution is -0.888. The predicted molar refractivity (Wildman–Crippen MR) is 51.0 cm³/mol. The summed E-state index contributed by atoms with van der Waals surface area (Å²) in [6.45, 7) is 4.35. The molecule has 13 heavy (non-hydrogen) atoms. The molecule has 1 N–H and O–H groups in total. The van der Waals surface area contributed by atoms with E-state index < -0.39 is 0 Å². The Kier molecular flexibility index (Phi) is 9.79. The van der Waals surface area contributed by atoms with Crippen LogP contribution in [0.15, 0.2) is 4.99 Å². The Bertz CT molecular complexity index is 201. The van der Waals surface area contributed by atoms with E-state index >= 15 is 0 Å². The summed E-state index contributed by atoms with van der Waals surface area (Å²) in [6, 6.07) is 1.28. The second kappa shape index (κ2) is 8.88. The molecule has 0 unspecified atom stereocenters. The van der Waals surface area contributed by atoms with E-state index in [1.807, 2.05) is 0 Å². The highest BCUT2D eigenvalue weighted by Gasteiger charge is 2.08. The van der Waals surface area contributed by atoms with Gasteiger partial charge in [0, 0.05) is 0 Å². The molecular weight excluding hydrogens is 168 g/mol. The number of aliphatic hydroxyl groups excluding tert-OH is 1. The molecule has 0 aromatic rings. The lowest BCUT2D eigenvalue weighted by Gasteiger charge is -2.26. The van der Waals surface area contributed by atoms with Crippen LogP contribution >= 0.6 is 0 Å². The van der Waals surface area contributed by atoms with Crippen molar-refractivity contribution in [1.29, 1.82) is 5.26 Å². The van der Waals surface area contributed by atoms with Crippen LogP contribution in [0.2, 0.25) is 0 Å². The Morgan fingerprint density at radius 1 is 1.54 bits per heavy atom. The molecule has 0 radical (unpaired) electrons. The van der Waals surface area contributed by atoms with Crippen molar-refractivity contribution in [3.05, 3.63) is 5.41 Å². The predicted octanol–water partition coefficient (Wildman–Crippen LogP) is 0.286. The molecular formula is C8H16N4O. The van der Waals surface area contributed by atoms with E-state index in [0.29, 0.717) is 6.61 Å². The first-order chi connectivity index (χ1) is 6.04. The second-order valence-corrected chi connectivity index (χ2v) is 3.01. The zero-order valence-corrected chi connectivity index (χ0v) is 8.36. The Labute approximate surface area is 79.0 Å². The average molecular weight is 184 g/mol. The molecule has 0 aromatic carbocycles. The molecule has 5 heteroatoms. The maximum Gasteiger partial charge on any atom is 0.102 e. The summed E-state index contributed by atoms with van der Waals surface area (Å²) in [4.78, 5) is 2.58. The molecule has 0 fully saturated rings. The minimum atomic E-state index is 0.292. The van der Waals surface area contributed by atoms with Crippen molar-refractivity contribution in [2.24, 2.45) is 4.99 Å². The zero-order chi connectivity index (χ0) is 10.7. The number of likely N-dealkylation sites (N-methyl/N-ethyl adjacent to an activating group) is 1. The Morgan fingerprint density at radius 2 is 2.08 bits per heavy atom. The van der Waals surface area contributed by atoms with Crippen molar-refractivity contribution in [3.8, 4) is 6.19 Å². The van der Waals surface area contributed by atoms with Crippen LogP contribution in [-0.2, 0) is 0 Å². The van der Waals surface area contributed by atoms with E-state index in [-0.39, 0.29) is 0 Å². The van der Waals surface area contributed by atoms with Crippen LogP contribution in [0, 0.1) is 11.5 Å². The van der Waals surface area contributed by atoms with E-state index in [1.165, 1.54) is 12.2 Å². The number of quaternary nitrogens is 1. The number of hydrogen-bond donors (Lipinski definition) is 1. The van der Waals surface area contributed by atoms with Gasteiger partial charge in [0.1, 0.15) is 6.54 Å². The fraction of sp³-hybridized carbons (Fsp3) is 0.750. The summed E-state index contributed by atoms with van der Waals surface area (Å²) in [5.74, 6) is 0. The van der Waals surface area contributed by atoms with E-state index in [2.05, 4.69) is 26.0 Å². The molecule has 0 spiro atoms. The van der Waals surface area contributed by atoms with Crippen molar-refractivity contribution in [3.63, 3.8) is 0 Å². The molecule has 0 aliphatic carbocycles. The lowest BCUT2D eigenvalue weighted by Crippen LogP contribution is -2.41. The maximum absolute atomic E-state index is 8.52. The van der Waals surface area contributed by atoms with Crippen molar-refractivity contribution in [2.45, 2.75) is 6.92 Å². The quantitative estimate of drug-likeness (QED) is 0.388. The van der Waals surface area contributed by atoms with Gasteiger partial charge in [0.2, 0.25) is 0 Å². The number of hydrogen-bond acceptors (Lipinski definition) is 3. The van der Waals surface area contributed by atoms with Crippen molar-refractivity contribution >= 4 is 6.01 Å². The molecule has 5 nitrogen and oxygen atoms in total. The molecule has 0 amide bonds. The van der Waals surface area contributed by atoms with Crippen LogP contribution in [0.4, 0.5) is 0 Å². The Hall–Kier alpha value is -1.21. The minimum Gasteiger partial charge on any atom is -0.422 e. The number of aliphatic hydroxyl groups is 1. The van der Waals surface area contributed by atoms with Crippen LogP contribution < -0.4 is 0 Å². The molecule has 0 aromatic heterocycles. The van der Waals surface area contributed by atoms with Crippen LogP contribution in [0.25, 0.3) is 5.41 Å². The van der Waals surface area contributed by atoms with Crippen LogP contribution in [0.3, 0.4) is 0 Å². The van der Waals surface area contributed by atoms with Crippen LogP contribution in [-0.4, -0.2) is 49.4 Å². The van der Waals surface area contributed by atoms with Gasteiger partial charge in [-0.1, -0.05) is 0 Å². The molecule has 0 heterocycles. The van der Waals surface area contributed by atoms with Crippen LogP contribution in [0.5, 0.6) is 0 Å². The second-order valence-electron chi connectivity index (χ2n) is 3.01. The smallest absolute Gasteiger partial charge is 0.102 e. The third-order valence-corrected chi connectivity index (χ3v) is 1.66. The summed E-state index contributed by atoms with van der Waals surface area (Å²) < 4.78 is 0.913. The van der Waals surface area contributed by atoms with Gasteiger partial charge in [0.15, 0.2) is 0 Å². The first kappa shape index (κ1) is 14.3. The first-order valence-corrected chi connectivity index (χ1v) is 3.94. The first-order valence-electron chi connectivity index (χ1n) is 3.94. The zero-order valence-electron chi connectivity index (χ0n) is 8.36. The molecule has 74 valence electrons. The van der Waals surface area contributed by atoms with Gasteiger partial charge >= 0.3 is 0 Å². The van der Waals surface area contributed by atoms with Crippen molar-refractivity contribution < 1.29 is 9.59 Å². The van der Waals surface area contributed by atoms with Gasteiger partial charge in [-0.2, -0.15) is 5.26 Å². The van der Waals surface area contributed by atoms with E-state index in [1.54, 1.807) is 0 Å². The number of aliphatic imine (C=N–C) groups is 1. The van der Waals surface area contributed by atoms with Crippen molar-refractivity contribution in [1.82, 2.24) is 0 Å². The molecule has 0 aliphatic rings. The van der Waals surface area contributed by atoms with Gasteiger partial charge < -0.3 is 20.0 Å². The topological polar surface area (TPSA) is 78.7 Å². The Balaban J connectivity index is 0. The summed E-state index contributed by atoms with van der Waals surface area (Å²) in [7, 11) is 4.21. The largest absolute Gasteiger partial charge is 0.422 e. The van der Waals surface area contributed by atoms with Gasteiger partial charge in [-0.05, 0) is 6.92 Å². The highest BCUT2D eigenvalue weighted by molar-refractivity contribution is 5.46. The van der Waals surface area contributed by atoms with E-state index in [0.717, 1.165) is 17.6 Å². The molecule has 0 saturated heterocycles. The number of nitriles is 1. The van der Waals surface area contributed by atoms with Gasteiger partial charge in [-0.25, -0.2) is 0 Å².